The van der Waals surface area contributed by atoms with Gasteiger partial charge in [-0.2, -0.15) is 0 Å². The molecule has 1 unspecified atom stereocenters. The van der Waals surface area contributed by atoms with Crippen LogP contribution in [0, 0.1) is 5.92 Å². The number of thioether (sulfide) groups is 1. The highest BCUT2D eigenvalue weighted by Crippen LogP contribution is 2.37. The molecule has 0 spiro atoms. The molecule has 0 N–H and O–H groups in total. The summed E-state index contributed by atoms with van der Waals surface area (Å²) >= 11 is 3.39. The summed E-state index contributed by atoms with van der Waals surface area (Å²) in [5.74, 6) is 2.48. The Balaban J connectivity index is 1.37. The van der Waals surface area contributed by atoms with Gasteiger partial charge in [0.1, 0.15) is 10.6 Å². The molecule has 0 bridgehead atoms. The first-order valence-corrected chi connectivity index (χ1v) is 13.4. The van der Waals surface area contributed by atoms with Crippen molar-refractivity contribution in [2.45, 2.75) is 44.2 Å². The van der Waals surface area contributed by atoms with Crippen LogP contribution in [0.2, 0.25) is 0 Å². The number of nitrogens with zero attached hydrogens (tertiary/aromatic N) is 2. The SMILES string of the molecule is CC1CCc2c(sc3nc(SCCCCOc4ccccc4)n(-c4ccccc4)c(=O)c23)C1. The summed E-state index contributed by atoms with van der Waals surface area (Å²) in [6.45, 7) is 2.99. The summed E-state index contributed by atoms with van der Waals surface area (Å²) in [4.78, 5) is 21.0. The molecule has 2 heterocycles. The van der Waals surface area contributed by atoms with Crippen LogP contribution in [0.15, 0.2) is 70.6 Å². The molecule has 6 heteroatoms. The highest BCUT2D eigenvalue weighted by Gasteiger charge is 2.25. The Morgan fingerprint density at radius 2 is 1.85 bits per heavy atom. The van der Waals surface area contributed by atoms with Crippen molar-refractivity contribution >= 4 is 33.3 Å². The van der Waals surface area contributed by atoms with Crippen LogP contribution in [0.5, 0.6) is 5.75 Å². The average Bonchev–Trinajstić information content (AvgIpc) is 3.20. The van der Waals surface area contributed by atoms with E-state index in [-0.39, 0.29) is 5.56 Å². The van der Waals surface area contributed by atoms with Crippen molar-refractivity contribution in [3.8, 4) is 11.4 Å². The van der Waals surface area contributed by atoms with E-state index in [1.165, 1.54) is 10.4 Å². The van der Waals surface area contributed by atoms with Crippen molar-refractivity contribution in [2.75, 3.05) is 12.4 Å². The molecule has 4 aromatic rings. The summed E-state index contributed by atoms with van der Waals surface area (Å²) in [7, 11) is 0. The van der Waals surface area contributed by atoms with Gasteiger partial charge in [-0.15, -0.1) is 11.3 Å². The second-order valence-electron chi connectivity index (χ2n) is 8.62. The van der Waals surface area contributed by atoms with Crippen molar-refractivity contribution < 1.29 is 4.74 Å². The van der Waals surface area contributed by atoms with E-state index in [0.29, 0.717) is 12.5 Å². The highest BCUT2D eigenvalue weighted by molar-refractivity contribution is 7.99. The second kappa shape index (κ2) is 10.1. The molecule has 0 saturated carbocycles. The van der Waals surface area contributed by atoms with Crippen molar-refractivity contribution in [3.63, 3.8) is 0 Å². The van der Waals surface area contributed by atoms with Crippen molar-refractivity contribution in [2.24, 2.45) is 5.92 Å². The average molecular weight is 477 g/mol. The standard InChI is InChI=1S/C27H28N2O2S2/c1-19-14-15-22-23(18-19)33-25-24(22)26(30)29(20-10-4-2-5-11-20)27(28-25)32-17-9-8-16-31-21-12-6-3-7-13-21/h2-7,10-13,19H,8-9,14-18H2,1H3. The van der Waals surface area contributed by atoms with Gasteiger partial charge >= 0.3 is 0 Å². The lowest BCUT2D eigenvalue weighted by molar-refractivity contribution is 0.310. The third-order valence-corrected chi connectivity index (χ3v) is 8.27. The smallest absolute Gasteiger partial charge is 0.267 e. The fourth-order valence-electron chi connectivity index (χ4n) is 4.35. The minimum atomic E-state index is 0.0770. The molecule has 4 nitrogen and oxygen atoms in total. The Hall–Kier alpha value is -2.57. The number of hydrogen-bond acceptors (Lipinski definition) is 5. The summed E-state index contributed by atoms with van der Waals surface area (Å²) in [6, 6.07) is 19.8. The van der Waals surface area contributed by atoms with Crippen LogP contribution in [0.4, 0.5) is 0 Å². The maximum atomic E-state index is 13.8. The number of aryl methyl sites for hydroxylation is 1. The quantitative estimate of drug-likeness (QED) is 0.165. The molecule has 33 heavy (non-hydrogen) atoms. The van der Waals surface area contributed by atoms with Crippen LogP contribution >= 0.6 is 23.1 Å². The highest BCUT2D eigenvalue weighted by atomic mass is 32.2. The first-order chi connectivity index (χ1) is 16.2. The van der Waals surface area contributed by atoms with E-state index in [0.717, 1.165) is 64.7 Å². The van der Waals surface area contributed by atoms with E-state index < -0.39 is 0 Å². The van der Waals surface area contributed by atoms with Crippen molar-refractivity contribution in [1.29, 1.82) is 0 Å². The number of para-hydroxylation sites is 2. The lowest BCUT2D eigenvalue weighted by Crippen LogP contribution is -2.22. The summed E-state index contributed by atoms with van der Waals surface area (Å²) in [6.07, 6.45) is 5.15. The molecule has 170 valence electrons. The number of hydrogen-bond donors (Lipinski definition) is 0. The predicted octanol–water partition coefficient (Wildman–Crippen LogP) is 6.52. The molecule has 0 fully saturated rings. The lowest BCUT2D eigenvalue weighted by atomic mass is 9.89. The zero-order chi connectivity index (χ0) is 22.6. The van der Waals surface area contributed by atoms with Crippen molar-refractivity contribution in [1.82, 2.24) is 9.55 Å². The number of aromatic nitrogens is 2. The van der Waals surface area contributed by atoms with Crippen LogP contribution in [0.3, 0.4) is 0 Å². The second-order valence-corrected chi connectivity index (χ2v) is 10.8. The molecule has 5 rings (SSSR count). The third kappa shape index (κ3) is 4.87. The molecule has 1 aliphatic rings. The van der Waals surface area contributed by atoms with Gasteiger partial charge in [0.25, 0.3) is 5.56 Å². The van der Waals surface area contributed by atoms with Gasteiger partial charge in [0.05, 0.1) is 17.7 Å². The molecule has 0 saturated heterocycles. The number of benzene rings is 2. The van der Waals surface area contributed by atoms with Crippen LogP contribution in [0.1, 0.15) is 36.6 Å². The van der Waals surface area contributed by atoms with Crippen LogP contribution in [-0.4, -0.2) is 21.9 Å². The van der Waals surface area contributed by atoms with E-state index in [4.69, 9.17) is 9.72 Å². The molecular formula is C27H28N2O2S2. The maximum Gasteiger partial charge on any atom is 0.267 e. The topological polar surface area (TPSA) is 44.1 Å². The molecule has 2 aromatic heterocycles. The molecular weight excluding hydrogens is 448 g/mol. The van der Waals surface area contributed by atoms with Gasteiger partial charge in [-0.3, -0.25) is 9.36 Å². The van der Waals surface area contributed by atoms with E-state index in [1.807, 2.05) is 65.2 Å². The van der Waals surface area contributed by atoms with Gasteiger partial charge in [-0.25, -0.2) is 4.98 Å². The van der Waals surface area contributed by atoms with Gasteiger partial charge in [-0.1, -0.05) is 55.1 Å². The van der Waals surface area contributed by atoms with Crippen LogP contribution < -0.4 is 10.3 Å². The molecule has 0 aliphatic heterocycles. The van der Waals surface area contributed by atoms with E-state index in [9.17, 15) is 4.79 Å². The third-order valence-electron chi connectivity index (χ3n) is 6.09. The van der Waals surface area contributed by atoms with E-state index >= 15 is 0 Å². The Bertz CT molecular complexity index is 1280. The molecule has 0 amide bonds. The molecule has 2 aromatic carbocycles. The van der Waals surface area contributed by atoms with Gasteiger partial charge in [0, 0.05) is 10.6 Å². The van der Waals surface area contributed by atoms with Gasteiger partial charge in [0.15, 0.2) is 5.16 Å². The first kappa shape index (κ1) is 22.2. The minimum absolute atomic E-state index is 0.0770. The molecule has 1 aliphatic carbocycles. The maximum absolute atomic E-state index is 13.8. The fourth-order valence-corrected chi connectivity index (χ4v) is 6.78. The number of unbranched alkanes of at least 4 members (excludes halogenated alkanes) is 1. The summed E-state index contributed by atoms with van der Waals surface area (Å²) < 4.78 is 7.62. The Kier molecular flexibility index (Phi) is 6.83. The Morgan fingerprint density at radius 3 is 2.64 bits per heavy atom. The monoisotopic (exact) mass is 476 g/mol. The Labute approximate surface area is 202 Å². The summed E-state index contributed by atoms with van der Waals surface area (Å²) in [5.41, 5.74) is 2.20. The zero-order valence-electron chi connectivity index (χ0n) is 18.8. The van der Waals surface area contributed by atoms with Crippen LogP contribution in [-0.2, 0) is 12.8 Å². The molecule has 1 atom stereocenters. The zero-order valence-corrected chi connectivity index (χ0v) is 20.5. The van der Waals surface area contributed by atoms with Gasteiger partial charge in [0.2, 0.25) is 0 Å². The lowest BCUT2D eigenvalue weighted by Gasteiger charge is -2.17. The van der Waals surface area contributed by atoms with Gasteiger partial charge in [-0.05, 0) is 67.9 Å². The van der Waals surface area contributed by atoms with Crippen LogP contribution in [0.25, 0.3) is 15.9 Å². The van der Waals surface area contributed by atoms with Crippen molar-refractivity contribution in [3.05, 3.63) is 81.5 Å². The number of thiophene rings is 1. The number of fused-ring (bicyclic) bond motifs is 3. The predicted molar refractivity (Wildman–Crippen MR) is 138 cm³/mol. The Morgan fingerprint density at radius 1 is 1.09 bits per heavy atom. The number of rotatable bonds is 8. The number of ether oxygens (including phenoxy) is 1. The normalized spacial score (nSPS) is 15.5. The van der Waals surface area contributed by atoms with E-state index in [1.54, 1.807) is 23.1 Å². The first-order valence-electron chi connectivity index (χ1n) is 11.6. The van der Waals surface area contributed by atoms with E-state index in [2.05, 4.69) is 6.92 Å². The van der Waals surface area contributed by atoms with Gasteiger partial charge < -0.3 is 4.74 Å². The fraction of sp³-hybridized carbons (Fsp3) is 0.333. The largest absolute Gasteiger partial charge is 0.494 e. The molecule has 0 radical (unpaired) electrons. The summed E-state index contributed by atoms with van der Waals surface area (Å²) in [5, 5.41) is 1.63. The minimum Gasteiger partial charge on any atom is -0.494 e.